The molecular weight excluding hydrogens is 414 g/mol. The fourth-order valence-electron chi connectivity index (χ4n) is 3.37. The van der Waals surface area contributed by atoms with Gasteiger partial charge in [-0.2, -0.15) is 0 Å². The highest BCUT2D eigenvalue weighted by Crippen LogP contribution is 2.27. The number of benzene rings is 2. The Kier molecular flexibility index (Phi) is 6.50. The Balaban J connectivity index is 1.79. The van der Waals surface area contributed by atoms with Crippen LogP contribution in [0.4, 0.5) is 0 Å². The average molecular weight is 440 g/mol. The fourth-order valence-corrected chi connectivity index (χ4v) is 8.09. The second-order valence-corrected chi connectivity index (χ2v) is 11.2. The Bertz CT molecular complexity index is 1030. The van der Waals surface area contributed by atoms with Crippen molar-refractivity contribution in [2.24, 2.45) is 0 Å². The molecule has 7 nitrogen and oxygen atoms in total. The molecule has 0 aromatic heterocycles. The minimum absolute atomic E-state index is 0.0966. The van der Waals surface area contributed by atoms with Gasteiger partial charge in [0.2, 0.25) is 0 Å². The predicted molar refractivity (Wildman–Crippen MR) is 111 cm³/mol. The molecule has 0 amide bonds. The molecule has 1 fully saturated rings. The van der Waals surface area contributed by atoms with E-state index in [4.69, 9.17) is 9.47 Å². The molecule has 29 heavy (non-hydrogen) atoms. The zero-order valence-corrected chi connectivity index (χ0v) is 18.0. The van der Waals surface area contributed by atoms with Gasteiger partial charge < -0.3 is 14.8 Å². The SMILES string of the molecule is CCOc1ccc(S(=O)(=O)[C@H]2CS(=O)(=O)C[C@@H]2NCc2ccc(OC)cc2)cc1. The van der Waals surface area contributed by atoms with Crippen LogP contribution in [0.25, 0.3) is 0 Å². The van der Waals surface area contributed by atoms with Crippen LogP contribution in [0, 0.1) is 0 Å². The van der Waals surface area contributed by atoms with Crippen LogP contribution in [0.1, 0.15) is 12.5 Å². The van der Waals surface area contributed by atoms with E-state index in [2.05, 4.69) is 5.32 Å². The van der Waals surface area contributed by atoms with Crippen LogP contribution in [-0.2, 0) is 26.2 Å². The Morgan fingerprint density at radius 2 is 1.62 bits per heavy atom. The number of rotatable bonds is 8. The second kappa shape index (κ2) is 8.73. The van der Waals surface area contributed by atoms with Crippen molar-refractivity contribution in [1.29, 1.82) is 0 Å². The minimum atomic E-state index is -3.82. The number of ether oxygens (including phenoxy) is 2. The van der Waals surface area contributed by atoms with Gasteiger partial charge in [-0.1, -0.05) is 12.1 Å². The molecule has 0 aliphatic carbocycles. The highest BCUT2D eigenvalue weighted by molar-refractivity contribution is 7.96. The molecule has 1 saturated heterocycles. The lowest BCUT2D eigenvalue weighted by Crippen LogP contribution is -2.43. The van der Waals surface area contributed by atoms with E-state index in [9.17, 15) is 16.8 Å². The lowest BCUT2D eigenvalue weighted by Gasteiger charge is -2.20. The van der Waals surface area contributed by atoms with Crippen LogP contribution < -0.4 is 14.8 Å². The Morgan fingerprint density at radius 1 is 1.00 bits per heavy atom. The molecule has 0 unspecified atom stereocenters. The maximum atomic E-state index is 13.1. The van der Waals surface area contributed by atoms with Crippen molar-refractivity contribution in [2.45, 2.75) is 29.7 Å². The van der Waals surface area contributed by atoms with Crippen LogP contribution in [0.2, 0.25) is 0 Å². The number of methoxy groups -OCH3 is 1. The third-order valence-corrected chi connectivity index (χ3v) is 9.06. The van der Waals surface area contributed by atoms with E-state index in [0.717, 1.165) is 5.56 Å². The van der Waals surface area contributed by atoms with E-state index in [1.54, 1.807) is 31.4 Å². The van der Waals surface area contributed by atoms with Gasteiger partial charge in [0.15, 0.2) is 19.7 Å². The maximum Gasteiger partial charge on any atom is 0.183 e. The molecule has 2 aromatic carbocycles. The number of nitrogens with one attached hydrogen (secondary N) is 1. The van der Waals surface area contributed by atoms with Crippen LogP contribution in [0.15, 0.2) is 53.4 Å². The Hall–Kier alpha value is -2.10. The van der Waals surface area contributed by atoms with Crippen molar-refractivity contribution in [2.75, 3.05) is 25.2 Å². The first kappa shape index (κ1) is 21.6. The molecule has 0 saturated carbocycles. The standard InChI is InChI=1S/C20H25NO6S2/c1-3-27-17-8-10-18(11-9-17)29(24,25)20-14-28(22,23)13-19(20)21-12-15-4-6-16(26-2)7-5-15/h4-11,19-21H,3,12-14H2,1-2H3/t19-,20-/m0/s1. The lowest BCUT2D eigenvalue weighted by molar-refractivity contribution is 0.340. The van der Waals surface area contributed by atoms with Crippen LogP contribution in [0.5, 0.6) is 11.5 Å². The number of sulfone groups is 2. The predicted octanol–water partition coefficient (Wildman–Crippen LogP) is 1.82. The van der Waals surface area contributed by atoms with Gasteiger partial charge in [-0.15, -0.1) is 0 Å². The first-order valence-corrected chi connectivity index (χ1v) is 12.7. The smallest absolute Gasteiger partial charge is 0.183 e. The van der Waals surface area contributed by atoms with E-state index in [-0.39, 0.29) is 16.4 Å². The summed E-state index contributed by atoms with van der Waals surface area (Å²) in [4.78, 5) is 0.0966. The van der Waals surface area contributed by atoms with Gasteiger partial charge in [0.1, 0.15) is 11.5 Å². The molecule has 2 aromatic rings. The van der Waals surface area contributed by atoms with E-state index < -0.39 is 31.0 Å². The van der Waals surface area contributed by atoms with Crippen molar-refractivity contribution < 1.29 is 26.3 Å². The summed E-state index contributed by atoms with van der Waals surface area (Å²) in [5.74, 6) is 0.695. The highest BCUT2D eigenvalue weighted by Gasteiger charge is 2.45. The van der Waals surface area contributed by atoms with Crippen LogP contribution in [-0.4, -0.2) is 53.3 Å². The van der Waals surface area contributed by atoms with Crippen LogP contribution >= 0.6 is 0 Å². The summed E-state index contributed by atoms with van der Waals surface area (Å²) in [7, 11) is -5.70. The van der Waals surface area contributed by atoms with Gasteiger partial charge in [-0.3, -0.25) is 0 Å². The normalized spacial score (nSPS) is 21.0. The lowest BCUT2D eigenvalue weighted by atomic mass is 10.2. The zero-order valence-electron chi connectivity index (χ0n) is 16.4. The van der Waals surface area contributed by atoms with Crippen molar-refractivity contribution >= 4 is 19.7 Å². The number of hydrogen-bond acceptors (Lipinski definition) is 7. The molecule has 1 aliphatic heterocycles. The second-order valence-electron chi connectivity index (χ2n) is 6.90. The van der Waals surface area contributed by atoms with Gasteiger partial charge in [-0.25, -0.2) is 16.8 Å². The van der Waals surface area contributed by atoms with E-state index >= 15 is 0 Å². The summed E-state index contributed by atoms with van der Waals surface area (Å²) in [5.41, 5.74) is 0.910. The third-order valence-electron chi connectivity index (χ3n) is 4.89. The molecule has 1 N–H and O–H groups in total. The van der Waals surface area contributed by atoms with E-state index in [0.29, 0.717) is 24.7 Å². The quantitative estimate of drug-likeness (QED) is 0.670. The molecule has 158 valence electrons. The third kappa shape index (κ3) is 5.09. The molecule has 1 aliphatic rings. The summed E-state index contributed by atoms with van der Waals surface area (Å²) < 4.78 is 61.2. The van der Waals surface area contributed by atoms with Crippen molar-refractivity contribution in [1.82, 2.24) is 5.32 Å². The highest BCUT2D eigenvalue weighted by atomic mass is 32.2. The van der Waals surface area contributed by atoms with Gasteiger partial charge in [-0.05, 0) is 48.9 Å². The summed E-state index contributed by atoms with van der Waals surface area (Å²) >= 11 is 0. The first-order chi connectivity index (χ1) is 13.7. The van der Waals surface area contributed by atoms with Crippen LogP contribution in [0.3, 0.4) is 0 Å². The largest absolute Gasteiger partial charge is 0.497 e. The molecule has 9 heteroatoms. The van der Waals surface area contributed by atoms with E-state index in [1.165, 1.54) is 12.1 Å². The summed E-state index contributed by atoms with van der Waals surface area (Å²) in [6.45, 7) is 2.68. The van der Waals surface area contributed by atoms with Crippen molar-refractivity contribution in [3.63, 3.8) is 0 Å². The molecule has 3 rings (SSSR count). The van der Waals surface area contributed by atoms with E-state index in [1.807, 2.05) is 19.1 Å². The Labute approximate surface area is 171 Å². The average Bonchev–Trinajstić information content (AvgIpc) is 3.03. The van der Waals surface area contributed by atoms with Gasteiger partial charge in [0.25, 0.3) is 0 Å². The minimum Gasteiger partial charge on any atom is -0.497 e. The topological polar surface area (TPSA) is 98.8 Å². The zero-order chi connectivity index (χ0) is 21.1. The van der Waals surface area contributed by atoms with Gasteiger partial charge in [0, 0.05) is 12.6 Å². The summed E-state index contributed by atoms with van der Waals surface area (Å²) in [5, 5.41) is 2.09. The van der Waals surface area contributed by atoms with Crippen molar-refractivity contribution in [3.05, 3.63) is 54.1 Å². The molecule has 0 bridgehead atoms. The summed E-state index contributed by atoms with van der Waals surface area (Å²) in [6, 6.07) is 12.7. The fraction of sp³-hybridized carbons (Fsp3) is 0.400. The van der Waals surface area contributed by atoms with Gasteiger partial charge in [0.05, 0.1) is 35.4 Å². The number of hydrogen-bond donors (Lipinski definition) is 1. The molecule has 0 spiro atoms. The maximum absolute atomic E-state index is 13.1. The van der Waals surface area contributed by atoms with Gasteiger partial charge >= 0.3 is 0 Å². The Morgan fingerprint density at radius 3 is 2.21 bits per heavy atom. The molecular formula is C20H25NO6S2. The molecule has 1 heterocycles. The summed E-state index contributed by atoms with van der Waals surface area (Å²) in [6.07, 6.45) is 0. The first-order valence-electron chi connectivity index (χ1n) is 9.28. The monoisotopic (exact) mass is 439 g/mol. The van der Waals surface area contributed by atoms with Crippen molar-refractivity contribution in [3.8, 4) is 11.5 Å². The molecule has 2 atom stereocenters. The molecule has 0 radical (unpaired) electrons.